The van der Waals surface area contributed by atoms with E-state index >= 15 is 0 Å². The Morgan fingerprint density at radius 3 is 2.80 bits per heavy atom. The number of likely N-dealkylation sites (tertiary alicyclic amines) is 1. The summed E-state index contributed by atoms with van der Waals surface area (Å²) in [5.74, 6) is 1.04. The van der Waals surface area contributed by atoms with Gasteiger partial charge in [-0.2, -0.15) is 0 Å². The Morgan fingerprint density at radius 1 is 1.40 bits per heavy atom. The summed E-state index contributed by atoms with van der Waals surface area (Å²) < 4.78 is 0. The zero-order chi connectivity index (χ0) is 11.3. The van der Waals surface area contributed by atoms with Crippen molar-refractivity contribution in [1.29, 1.82) is 0 Å². The molecule has 3 nitrogen and oxygen atoms in total. The van der Waals surface area contributed by atoms with E-state index in [2.05, 4.69) is 26.1 Å². The molecule has 1 fully saturated rings. The number of hydrogen-bond donors (Lipinski definition) is 1. The monoisotopic (exact) mass is 212 g/mol. The lowest BCUT2D eigenvalue weighted by Crippen LogP contribution is -2.40. The first kappa shape index (κ1) is 12.5. The third-order valence-electron chi connectivity index (χ3n) is 3.03. The van der Waals surface area contributed by atoms with Crippen molar-refractivity contribution >= 4 is 5.91 Å². The van der Waals surface area contributed by atoms with E-state index in [9.17, 15) is 4.79 Å². The molecule has 1 saturated heterocycles. The third kappa shape index (κ3) is 4.65. The van der Waals surface area contributed by atoms with Crippen molar-refractivity contribution in [2.75, 3.05) is 19.6 Å². The van der Waals surface area contributed by atoms with E-state index in [-0.39, 0.29) is 5.91 Å². The van der Waals surface area contributed by atoms with Gasteiger partial charge in [-0.05, 0) is 25.2 Å². The number of nitrogens with one attached hydrogen (secondary N) is 1. The molecule has 1 aliphatic heterocycles. The summed E-state index contributed by atoms with van der Waals surface area (Å²) in [6, 6.07) is 0.389. The minimum Gasteiger partial charge on any atom is -0.342 e. The standard InChI is InChI=1S/C12H24N2O/c1-10(2)13-9-12(15)14-7-4-5-11(3)6-8-14/h10-11,13H,4-9H2,1-3H3. The van der Waals surface area contributed by atoms with Gasteiger partial charge in [-0.1, -0.05) is 20.8 Å². The summed E-state index contributed by atoms with van der Waals surface area (Å²) >= 11 is 0. The fourth-order valence-corrected chi connectivity index (χ4v) is 1.92. The quantitative estimate of drug-likeness (QED) is 0.771. The molecule has 0 aromatic rings. The Morgan fingerprint density at radius 2 is 2.13 bits per heavy atom. The third-order valence-corrected chi connectivity index (χ3v) is 3.03. The highest BCUT2D eigenvalue weighted by Gasteiger charge is 2.17. The van der Waals surface area contributed by atoms with Gasteiger partial charge in [-0.25, -0.2) is 0 Å². The number of rotatable bonds is 3. The van der Waals surface area contributed by atoms with Gasteiger partial charge in [-0.15, -0.1) is 0 Å². The fraction of sp³-hybridized carbons (Fsp3) is 0.917. The molecule has 1 atom stereocenters. The van der Waals surface area contributed by atoms with Crippen molar-refractivity contribution in [3.05, 3.63) is 0 Å². The minimum absolute atomic E-state index is 0.262. The molecule has 1 aliphatic rings. The van der Waals surface area contributed by atoms with E-state index < -0.39 is 0 Å². The maximum atomic E-state index is 11.8. The van der Waals surface area contributed by atoms with Gasteiger partial charge in [0.15, 0.2) is 0 Å². The first-order valence-electron chi connectivity index (χ1n) is 6.10. The molecule has 0 aliphatic carbocycles. The van der Waals surface area contributed by atoms with Crippen LogP contribution in [0.25, 0.3) is 0 Å². The molecule has 1 heterocycles. The Balaban J connectivity index is 2.31. The molecule has 1 N–H and O–H groups in total. The Kier molecular flexibility index (Phi) is 5.09. The summed E-state index contributed by atoms with van der Waals surface area (Å²) in [6.45, 7) is 8.80. The van der Waals surface area contributed by atoms with Crippen LogP contribution in [-0.4, -0.2) is 36.5 Å². The Labute approximate surface area is 93.2 Å². The zero-order valence-corrected chi connectivity index (χ0v) is 10.3. The Hall–Kier alpha value is -0.570. The molecule has 1 amide bonds. The van der Waals surface area contributed by atoms with Crippen LogP contribution >= 0.6 is 0 Å². The van der Waals surface area contributed by atoms with E-state index in [4.69, 9.17) is 0 Å². The van der Waals surface area contributed by atoms with Crippen molar-refractivity contribution in [3.8, 4) is 0 Å². The van der Waals surface area contributed by atoms with Crippen molar-refractivity contribution in [1.82, 2.24) is 10.2 Å². The van der Waals surface area contributed by atoms with Crippen molar-refractivity contribution in [2.24, 2.45) is 5.92 Å². The average Bonchev–Trinajstić information content (AvgIpc) is 2.39. The number of carbonyl (C=O) groups excluding carboxylic acids is 1. The molecule has 1 rings (SSSR count). The molecule has 0 saturated carbocycles. The predicted molar refractivity (Wildman–Crippen MR) is 62.7 cm³/mol. The second-order valence-corrected chi connectivity index (χ2v) is 4.95. The van der Waals surface area contributed by atoms with Gasteiger partial charge in [0.2, 0.25) is 5.91 Å². The smallest absolute Gasteiger partial charge is 0.236 e. The van der Waals surface area contributed by atoms with E-state index in [0.29, 0.717) is 12.6 Å². The second-order valence-electron chi connectivity index (χ2n) is 4.95. The average molecular weight is 212 g/mol. The second kappa shape index (κ2) is 6.11. The van der Waals surface area contributed by atoms with Gasteiger partial charge in [0.25, 0.3) is 0 Å². The fourth-order valence-electron chi connectivity index (χ4n) is 1.92. The molecular formula is C12H24N2O. The van der Waals surface area contributed by atoms with Gasteiger partial charge in [0.05, 0.1) is 6.54 Å². The number of carbonyl (C=O) groups is 1. The first-order valence-corrected chi connectivity index (χ1v) is 6.10. The van der Waals surface area contributed by atoms with Crippen molar-refractivity contribution in [3.63, 3.8) is 0 Å². The zero-order valence-electron chi connectivity index (χ0n) is 10.3. The van der Waals surface area contributed by atoms with Crippen LogP contribution in [-0.2, 0) is 4.79 Å². The normalized spacial score (nSPS) is 22.9. The van der Waals surface area contributed by atoms with Crippen LogP contribution in [0.4, 0.5) is 0 Å². The summed E-state index contributed by atoms with van der Waals surface area (Å²) in [5.41, 5.74) is 0. The lowest BCUT2D eigenvalue weighted by atomic mass is 10.0. The maximum Gasteiger partial charge on any atom is 0.236 e. The summed E-state index contributed by atoms with van der Waals surface area (Å²) in [7, 11) is 0. The molecule has 0 radical (unpaired) electrons. The van der Waals surface area contributed by atoms with E-state index in [1.807, 2.05) is 4.90 Å². The summed E-state index contributed by atoms with van der Waals surface area (Å²) in [6.07, 6.45) is 3.59. The highest BCUT2D eigenvalue weighted by Crippen LogP contribution is 2.16. The largest absolute Gasteiger partial charge is 0.342 e. The van der Waals surface area contributed by atoms with Gasteiger partial charge in [0, 0.05) is 19.1 Å². The first-order chi connectivity index (χ1) is 7.09. The molecule has 3 heteroatoms. The Bertz CT molecular complexity index is 204. The van der Waals surface area contributed by atoms with Crippen LogP contribution in [0.5, 0.6) is 0 Å². The molecule has 1 unspecified atom stereocenters. The van der Waals surface area contributed by atoms with Crippen LogP contribution in [0.2, 0.25) is 0 Å². The summed E-state index contributed by atoms with van der Waals surface area (Å²) in [4.78, 5) is 13.8. The SMILES string of the molecule is CC1CCCN(C(=O)CNC(C)C)CC1. The molecule has 88 valence electrons. The lowest BCUT2D eigenvalue weighted by Gasteiger charge is -2.21. The highest BCUT2D eigenvalue weighted by atomic mass is 16.2. The van der Waals surface area contributed by atoms with Crippen molar-refractivity contribution < 1.29 is 4.79 Å². The van der Waals surface area contributed by atoms with Crippen LogP contribution in [0, 0.1) is 5.92 Å². The van der Waals surface area contributed by atoms with Crippen LogP contribution < -0.4 is 5.32 Å². The minimum atomic E-state index is 0.262. The number of hydrogen-bond acceptors (Lipinski definition) is 2. The molecule has 0 aromatic carbocycles. The van der Waals surface area contributed by atoms with Crippen LogP contribution in [0.15, 0.2) is 0 Å². The number of nitrogens with zero attached hydrogens (tertiary/aromatic N) is 1. The molecule has 0 aromatic heterocycles. The molecule has 0 bridgehead atoms. The van der Waals surface area contributed by atoms with Crippen molar-refractivity contribution in [2.45, 2.75) is 46.1 Å². The summed E-state index contributed by atoms with van der Waals surface area (Å²) in [5, 5.41) is 3.18. The lowest BCUT2D eigenvalue weighted by molar-refractivity contribution is -0.130. The van der Waals surface area contributed by atoms with Gasteiger partial charge >= 0.3 is 0 Å². The van der Waals surface area contributed by atoms with E-state index in [1.54, 1.807) is 0 Å². The molecular weight excluding hydrogens is 188 g/mol. The molecule has 0 spiro atoms. The van der Waals surface area contributed by atoms with Crippen LogP contribution in [0.1, 0.15) is 40.0 Å². The van der Waals surface area contributed by atoms with E-state index in [1.165, 1.54) is 6.42 Å². The van der Waals surface area contributed by atoms with Gasteiger partial charge in [-0.3, -0.25) is 4.79 Å². The van der Waals surface area contributed by atoms with E-state index in [0.717, 1.165) is 31.8 Å². The molecule has 15 heavy (non-hydrogen) atoms. The highest BCUT2D eigenvalue weighted by molar-refractivity contribution is 5.78. The van der Waals surface area contributed by atoms with Gasteiger partial charge < -0.3 is 10.2 Å². The number of amides is 1. The van der Waals surface area contributed by atoms with Crippen LogP contribution in [0.3, 0.4) is 0 Å². The maximum absolute atomic E-state index is 11.8. The topological polar surface area (TPSA) is 32.3 Å². The van der Waals surface area contributed by atoms with Gasteiger partial charge in [0.1, 0.15) is 0 Å². The predicted octanol–water partition coefficient (Wildman–Crippen LogP) is 1.63.